The first-order chi connectivity index (χ1) is 9.81. The van der Waals surface area contributed by atoms with E-state index in [0.29, 0.717) is 19.6 Å². The number of carbonyl (C=O) groups is 1. The molecule has 2 heterocycles. The molecular formula is C15H22N2O3. The van der Waals surface area contributed by atoms with Gasteiger partial charge in [0.15, 0.2) is 0 Å². The molecule has 0 N–H and O–H groups in total. The van der Waals surface area contributed by atoms with Crippen LogP contribution in [0.25, 0.3) is 0 Å². The number of carbonyl (C=O) groups excluding carboxylic acids is 1. The zero-order chi connectivity index (χ0) is 14.2. The standard InChI is InChI=1S/C15H22N2O3/c1-2-17(13-4-3-8-16-12-13)15(18)7-11-20-14-5-9-19-10-6-14/h3-4,8,12,14H,2,5-7,9-11H2,1H3. The number of hydrogen-bond donors (Lipinski definition) is 0. The van der Waals surface area contributed by atoms with Gasteiger partial charge in [0.05, 0.1) is 31.0 Å². The summed E-state index contributed by atoms with van der Waals surface area (Å²) in [6.45, 7) is 4.59. The first kappa shape index (κ1) is 14.9. The predicted octanol–water partition coefficient (Wildman–Crippen LogP) is 2.02. The van der Waals surface area contributed by atoms with E-state index in [0.717, 1.165) is 31.7 Å². The van der Waals surface area contributed by atoms with Gasteiger partial charge in [-0.1, -0.05) is 0 Å². The highest BCUT2D eigenvalue weighted by atomic mass is 16.5. The molecule has 1 aromatic heterocycles. The van der Waals surface area contributed by atoms with Crippen molar-refractivity contribution in [2.24, 2.45) is 0 Å². The number of nitrogens with zero attached hydrogens (tertiary/aromatic N) is 2. The first-order valence-corrected chi connectivity index (χ1v) is 7.21. The Morgan fingerprint density at radius 3 is 2.95 bits per heavy atom. The zero-order valence-corrected chi connectivity index (χ0v) is 12.0. The largest absolute Gasteiger partial charge is 0.381 e. The normalized spacial score (nSPS) is 16.1. The Bertz CT molecular complexity index is 405. The topological polar surface area (TPSA) is 51.7 Å². The molecule has 1 aliphatic heterocycles. The Kier molecular flexibility index (Phi) is 5.95. The molecule has 110 valence electrons. The van der Waals surface area contributed by atoms with Gasteiger partial charge in [0.2, 0.25) is 5.91 Å². The maximum Gasteiger partial charge on any atom is 0.229 e. The lowest BCUT2D eigenvalue weighted by atomic mass is 10.1. The average Bonchev–Trinajstić information content (AvgIpc) is 2.50. The number of pyridine rings is 1. The van der Waals surface area contributed by atoms with Crippen molar-refractivity contribution in [2.45, 2.75) is 32.3 Å². The van der Waals surface area contributed by atoms with Crippen LogP contribution in [0, 0.1) is 0 Å². The van der Waals surface area contributed by atoms with Crippen molar-refractivity contribution in [3.05, 3.63) is 24.5 Å². The average molecular weight is 278 g/mol. The Labute approximate surface area is 119 Å². The van der Waals surface area contributed by atoms with Crippen LogP contribution in [0.5, 0.6) is 0 Å². The van der Waals surface area contributed by atoms with Gasteiger partial charge >= 0.3 is 0 Å². The SMILES string of the molecule is CCN(C(=O)CCOC1CCOCC1)c1cccnc1. The van der Waals surface area contributed by atoms with E-state index >= 15 is 0 Å². The fourth-order valence-corrected chi connectivity index (χ4v) is 2.31. The molecule has 0 aliphatic carbocycles. The van der Waals surface area contributed by atoms with E-state index in [1.165, 1.54) is 0 Å². The molecule has 1 fully saturated rings. The van der Waals surface area contributed by atoms with Crippen LogP contribution >= 0.6 is 0 Å². The molecule has 0 atom stereocenters. The van der Waals surface area contributed by atoms with Gasteiger partial charge in [-0.15, -0.1) is 0 Å². The number of rotatable bonds is 6. The maximum atomic E-state index is 12.2. The number of amides is 1. The van der Waals surface area contributed by atoms with Crippen LogP contribution < -0.4 is 4.90 Å². The van der Waals surface area contributed by atoms with E-state index < -0.39 is 0 Å². The molecule has 5 heteroatoms. The summed E-state index contributed by atoms with van der Waals surface area (Å²) in [6.07, 6.45) is 5.91. The molecule has 20 heavy (non-hydrogen) atoms. The van der Waals surface area contributed by atoms with Gasteiger partial charge < -0.3 is 14.4 Å². The summed E-state index contributed by atoms with van der Waals surface area (Å²) in [5.41, 5.74) is 0.839. The van der Waals surface area contributed by atoms with Crippen molar-refractivity contribution in [3.63, 3.8) is 0 Å². The summed E-state index contributed by atoms with van der Waals surface area (Å²) in [5.74, 6) is 0.0764. The molecule has 0 radical (unpaired) electrons. The second-order valence-electron chi connectivity index (χ2n) is 4.78. The molecule has 1 saturated heterocycles. The smallest absolute Gasteiger partial charge is 0.229 e. The lowest BCUT2D eigenvalue weighted by molar-refractivity contribution is -0.120. The van der Waals surface area contributed by atoms with Gasteiger partial charge in [0, 0.05) is 26.0 Å². The molecule has 1 amide bonds. The van der Waals surface area contributed by atoms with Crippen molar-refractivity contribution < 1.29 is 14.3 Å². The van der Waals surface area contributed by atoms with Gasteiger partial charge in [0.1, 0.15) is 0 Å². The highest BCUT2D eigenvalue weighted by molar-refractivity contribution is 5.93. The molecule has 1 aliphatic rings. The van der Waals surface area contributed by atoms with E-state index in [1.807, 2.05) is 19.1 Å². The van der Waals surface area contributed by atoms with E-state index in [1.54, 1.807) is 17.3 Å². The van der Waals surface area contributed by atoms with Gasteiger partial charge in [0.25, 0.3) is 0 Å². The van der Waals surface area contributed by atoms with Gasteiger partial charge in [-0.25, -0.2) is 0 Å². The fraction of sp³-hybridized carbons (Fsp3) is 0.600. The van der Waals surface area contributed by atoms with E-state index in [-0.39, 0.29) is 12.0 Å². The van der Waals surface area contributed by atoms with Crippen molar-refractivity contribution in [1.82, 2.24) is 4.98 Å². The van der Waals surface area contributed by atoms with E-state index in [4.69, 9.17) is 9.47 Å². The number of ether oxygens (including phenoxy) is 2. The van der Waals surface area contributed by atoms with Crippen molar-refractivity contribution >= 4 is 11.6 Å². The minimum Gasteiger partial charge on any atom is -0.381 e. The summed E-state index contributed by atoms with van der Waals surface area (Å²) in [7, 11) is 0. The lowest BCUT2D eigenvalue weighted by Crippen LogP contribution is -2.32. The molecule has 0 bridgehead atoms. The molecule has 0 saturated carbocycles. The molecule has 0 unspecified atom stereocenters. The van der Waals surface area contributed by atoms with Crippen LogP contribution in [-0.4, -0.2) is 43.4 Å². The van der Waals surface area contributed by atoms with E-state index in [2.05, 4.69) is 4.98 Å². The Balaban J connectivity index is 1.78. The molecule has 0 spiro atoms. The summed E-state index contributed by atoms with van der Waals surface area (Å²) >= 11 is 0. The summed E-state index contributed by atoms with van der Waals surface area (Å²) in [5, 5.41) is 0. The molecule has 0 aromatic carbocycles. The monoisotopic (exact) mass is 278 g/mol. The maximum absolute atomic E-state index is 12.2. The first-order valence-electron chi connectivity index (χ1n) is 7.21. The van der Waals surface area contributed by atoms with Gasteiger partial charge in [-0.2, -0.15) is 0 Å². The van der Waals surface area contributed by atoms with Crippen LogP contribution in [0.3, 0.4) is 0 Å². The Morgan fingerprint density at radius 2 is 2.30 bits per heavy atom. The quantitative estimate of drug-likeness (QED) is 0.799. The predicted molar refractivity (Wildman–Crippen MR) is 76.7 cm³/mol. The highest BCUT2D eigenvalue weighted by Gasteiger charge is 2.17. The minimum atomic E-state index is 0.0764. The Hall–Kier alpha value is -1.46. The van der Waals surface area contributed by atoms with Crippen LogP contribution in [0.4, 0.5) is 5.69 Å². The minimum absolute atomic E-state index is 0.0764. The number of aromatic nitrogens is 1. The van der Waals surface area contributed by atoms with Crippen LogP contribution in [0.2, 0.25) is 0 Å². The van der Waals surface area contributed by atoms with Gasteiger partial charge in [-0.05, 0) is 31.9 Å². The van der Waals surface area contributed by atoms with Crippen molar-refractivity contribution in [1.29, 1.82) is 0 Å². The second kappa shape index (κ2) is 7.97. The molecule has 2 rings (SSSR count). The van der Waals surface area contributed by atoms with Crippen molar-refractivity contribution in [3.8, 4) is 0 Å². The summed E-state index contributed by atoms with van der Waals surface area (Å²) < 4.78 is 11.0. The number of anilines is 1. The lowest BCUT2D eigenvalue weighted by Gasteiger charge is -2.24. The second-order valence-corrected chi connectivity index (χ2v) is 4.78. The van der Waals surface area contributed by atoms with Crippen LogP contribution in [0.15, 0.2) is 24.5 Å². The third-order valence-corrected chi connectivity index (χ3v) is 3.41. The zero-order valence-electron chi connectivity index (χ0n) is 12.0. The Morgan fingerprint density at radius 1 is 1.50 bits per heavy atom. The van der Waals surface area contributed by atoms with Gasteiger partial charge in [-0.3, -0.25) is 9.78 Å². The van der Waals surface area contributed by atoms with Crippen LogP contribution in [0.1, 0.15) is 26.2 Å². The van der Waals surface area contributed by atoms with Crippen molar-refractivity contribution in [2.75, 3.05) is 31.3 Å². The number of hydrogen-bond acceptors (Lipinski definition) is 4. The third kappa shape index (κ3) is 4.28. The van der Waals surface area contributed by atoms with Crippen LogP contribution in [-0.2, 0) is 14.3 Å². The molecule has 1 aromatic rings. The summed E-state index contributed by atoms with van der Waals surface area (Å²) in [4.78, 5) is 18.0. The fourth-order valence-electron chi connectivity index (χ4n) is 2.31. The third-order valence-electron chi connectivity index (χ3n) is 3.41. The van der Waals surface area contributed by atoms with E-state index in [9.17, 15) is 4.79 Å². The molecule has 5 nitrogen and oxygen atoms in total. The molecular weight excluding hydrogens is 256 g/mol. The highest BCUT2D eigenvalue weighted by Crippen LogP contribution is 2.14. The summed E-state index contributed by atoms with van der Waals surface area (Å²) in [6, 6.07) is 3.73.